The predicted octanol–water partition coefficient (Wildman–Crippen LogP) is 1.98. The topological polar surface area (TPSA) is 24.5 Å². The van der Waals surface area contributed by atoms with Crippen molar-refractivity contribution in [1.29, 1.82) is 0 Å². The van der Waals surface area contributed by atoms with Gasteiger partial charge in [0.25, 0.3) is 0 Å². The summed E-state index contributed by atoms with van der Waals surface area (Å²) in [7, 11) is 1.79. The lowest BCUT2D eigenvalue weighted by molar-refractivity contribution is 0.118. The maximum atomic E-state index is 5.21. The molecule has 0 amide bonds. The number of hydrogen-bond acceptors (Lipinski definition) is 3. The molecular formula is C14H30N2O. The second-order valence-electron chi connectivity index (χ2n) is 5.89. The van der Waals surface area contributed by atoms with Crippen molar-refractivity contribution < 1.29 is 4.74 Å². The maximum Gasteiger partial charge on any atom is 0.0589 e. The molecule has 1 aliphatic heterocycles. The Morgan fingerprint density at radius 2 is 2.18 bits per heavy atom. The van der Waals surface area contributed by atoms with Crippen LogP contribution in [0.4, 0.5) is 0 Å². The van der Waals surface area contributed by atoms with E-state index in [4.69, 9.17) is 4.74 Å². The van der Waals surface area contributed by atoms with Crippen LogP contribution in [0.15, 0.2) is 0 Å². The maximum absolute atomic E-state index is 5.21. The molecule has 1 N–H and O–H groups in total. The fraction of sp³-hybridized carbons (Fsp3) is 1.00. The molecule has 0 spiro atoms. The molecule has 17 heavy (non-hydrogen) atoms. The molecule has 0 aromatic rings. The van der Waals surface area contributed by atoms with E-state index in [9.17, 15) is 0 Å². The van der Waals surface area contributed by atoms with E-state index < -0.39 is 0 Å². The predicted molar refractivity (Wildman–Crippen MR) is 73.3 cm³/mol. The molecule has 1 aliphatic rings. The van der Waals surface area contributed by atoms with Crippen LogP contribution in [0.5, 0.6) is 0 Å². The molecule has 0 aromatic carbocycles. The zero-order chi connectivity index (χ0) is 12.7. The molecule has 1 rings (SSSR count). The van der Waals surface area contributed by atoms with E-state index in [0.717, 1.165) is 25.0 Å². The van der Waals surface area contributed by atoms with Crippen LogP contribution in [-0.4, -0.2) is 50.8 Å². The summed E-state index contributed by atoms with van der Waals surface area (Å²) in [5, 5.41) is 3.53. The molecule has 2 atom stereocenters. The minimum Gasteiger partial charge on any atom is -0.383 e. The molecule has 2 unspecified atom stereocenters. The smallest absolute Gasteiger partial charge is 0.0589 e. The minimum absolute atomic E-state index is 0.692. The van der Waals surface area contributed by atoms with E-state index in [-0.39, 0.29) is 0 Å². The van der Waals surface area contributed by atoms with Gasteiger partial charge in [-0.3, -0.25) is 0 Å². The van der Waals surface area contributed by atoms with Crippen LogP contribution in [0.2, 0.25) is 0 Å². The van der Waals surface area contributed by atoms with E-state index in [1.165, 1.54) is 32.5 Å². The van der Waals surface area contributed by atoms with E-state index in [0.29, 0.717) is 6.04 Å². The highest BCUT2D eigenvalue weighted by Crippen LogP contribution is 2.17. The monoisotopic (exact) mass is 242 g/mol. The van der Waals surface area contributed by atoms with Gasteiger partial charge in [-0.2, -0.15) is 0 Å². The van der Waals surface area contributed by atoms with E-state index in [2.05, 4.69) is 31.0 Å². The van der Waals surface area contributed by atoms with E-state index in [1.807, 2.05) is 0 Å². The van der Waals surface area contributed by atoms with Gasteiger partial charge in [0, 0.05) is 32.8 Å². The standard InChI is InChI=1S/C14H30N2O/c1-12(2)10-16(7-8-17-4)11-14-5-6-15-13(3)9-14/h12-15H,5-11H2,1-4H3. The normalized spacial score (nSPS) is 25.8. The van der Waals surface area contributed by atoms with Gasteiger partial charge >= 0.3 is 0 Å². The summed E-state index contributed by atoms with van der Waals surface area (Å²) in [6.45, 7) is 12.4. The number of hydrogen-bond donors (Lipinski definition) is 1. The van der Waals surface area contributed by atoms with Gasteiger partial charge in [0.15, 0.2) is 0 Å². The van der Waals surface area contributed by atoms with Gasteiger partial charge in [0.2, 0.25) is 0 Å². The Morgan fingerprint density at radius 1 is 1.41 bits per heavy atom. The summed E-state index contributed by atoms with van der Waals surface area (Å²) in [6, 6.07) is 0.692. The van der Waals surface area contributed by atoms with Gasteiger partial charge in [-0.1, -0.05) is 13.8 Å². The molecule has 3 nitrogen and oxygen atoms in total. The third-order valence-electron chi connectivity index (χ3n) is 3.48. The largest absolute Gasteiger partial charge is 0.383 e. The minimum atomic E-state index is 0.692. The first-order chi connectivity index (χ1) is 8.11. The Labute approximate surface area is 107 Å². The lowest BCUT2D eigenvalue weighted by Gasteiger charge is -2.33. The van der Waals surface area contributed by atoms with Crippen LogP contribution >= 0.6 is 0 Å². The fourth-order valence-corrected chi connectivity index (χ4v) is 2.76. The average molecular weight is 242 g/mol. The zero-order valence-corrected chi connectivity index (χ0v) is 12.0. The Morgan fingerprint density at radius 3 is 2.76 bits per heavy atom. The van der Waals surface area contributed by atoms with Crippen molar-refractivity contribution in [2.24, 2.45) is 11.8 Å². The van der Waals surface area contributed by atoms with Crippen molar-refractivity contribution in [2.45, 2.75) is 39.7 Å². The number of rotatable bonds is 7. The summed E-state index contributed by atoms with van der Waals surface area (Å²) >= 11 is 0. The summed E-state index contributed by atoms with van der Waals surface area (Å²) in [6.07, 6.45) is 2.65. The van der Waals surface area contributed by atoms with Crippen molar-refractivity contribution in [1.82, 2.24) is 10.2 Å². The highest BCUT2D eigenvalue weighted by Gasteiger charge is 2.21. The lowest BCUT2D eigenvalue weighted by Crippen LogP contribution is -2.42. The van der Waals surface area contributed by atoms with E-state index >= 15 is 0 Å². The van der Waals surface area contributed by atoms with Gasteiger partial charge in [0.1, 0.15) is 0 Å². The molecule has 102 valence electrons. The number of methoxy groups -OCH3 is 1. The van der Waals surface area contributed by atoms with Crippen LogP contribution < -0.4 is 5.32 Å². The Hall–Kier alpha value is -0.120. The van der Waals surface area contributed by atoms with Gasteiger partial charge in [0.05, 0.1) is 6.61 Å². The molecule has 1 saturated heterocycles. The molecule has 0 bridgehead atoms. The zero-order valence-electron chi connectivity index (χ0n) is 12.0. The van der Waals surface area contributed by atoms with Crippen LogP contribution in [0.3, 0.4) is 0 Å². The summed E-state index contributed by atoms with van der Waals surface area (Å²) < 4.78 is 5.21. The van der Waals surface area contributed by atoms with Crippen LogP contribution in [-0.2, 0) is 4.74 Å². The quantitative estimate of drug-likeness (QED) is 0.739. The van der Waals surface area contributed by atoms with Crippen LogP contribution in [0.1, 0.15) is 33.6 Å². The van der Waals surface area contributed by atoms with Crippen LogP contribution in [0.25, 0.3) is 0 Å². The molecule has 1 heterocycles. The van der Waals surface area contributed by atoms with Crippen molar-refractivity contribution in [3.63, 3.8) is 0 Å². The molecule has 0 aromatic heterocycles. The molecule has 0 radical (unpaired) electrons. The third kappa shape index (κ3) is 6.39. The Balaban J connectivity index is 2.35. The fourth-order valence-electron chi connectivity index (χ4n) is 2.76. The molecular weight excluding hydrogens is 212 g/mol. The van der Waals surface area contributed by atoms with E-state index in [1.54, 1.807) is 7.11 Å². The number of piperidine rings is 1. The van der Waals surface area contributed by atoms with Gasteiger partial charge in [-0.25, -0.2) is 0 Å². The first-order valence-corrected chi connectivity index (χ1v) is 7.06. The molecule has 0 aliphatic carbocycles. The average Bonchev–Trinajstić information content (AvgIpc) is 2.25. The highest BCUT2D eigenvalue weighted by atomic mass is 16.5. The van der Waals surface area contributed by atoms with Gasteiger partial charge in [-0.15, -0.1) is 0 Å². The second kappa shape index (κ2) is 8.06. The first kappa shape index (κ1) is 14.9. The number of nitrogens with zero attached hydrogens (tertiary/aromatic N) is 1. The Bertz CT molecular complexity index is 197. The summed E-state index contributed by atoms with van der Waals surface area (Å²) in [5.41, 5.74) is 0. The molecule has 3 heteroatoms. The van der Waals surface area contributed by atoms with Crippen molar-refractivity contribution >= 4 is 0 Å². The second-order valence-corrected chi connectivity index (χ2v) is 5.89. The summed E-state index contributed by atoms with van der Waals surface area (Å²) in [4.78, 5) is 2.58. The van der Waals surface area contributed by atoms with Crippen molar-refractivity contribution in [2.75, 3.05) is 39.9 Å². The van der Waals surface area contributed by atoms with Crippen molar-refractivity contribution in [3.05, 3.63) is 0 Å². The highest BCUT2D eigenvalue weighted by molar-refractivity contribution is 4.78. The SMILES string of the molecule is COCCN(CC(C)C)CC1CCNC(C)C1. The Kier molecular flexibility index (Phi) is 7.09. The first-order valence-electron chi connectivity index (χ1n) is 7.06. The van der Waals surface area contributed by atoms with Gasteiger partial charge < -0.3 is 15.0 Å². The lowest BCUT2D eigenvalue weighted by atomic mass is 9.92. The third-order valence-corrected chi connectivity index (χ3v) is 3.48. The van der Waals surface area contributed by atoms with Gasteiger partial charge in [-0.05, 0) is 38.1 Å². The summed E-state index contributed by atoms with van der Waals surface area (Å²) in [5.74, 6) is 1.60. The molecule has 0 saturated carbocycles. The van der Waals surface area contributed by atoms with Crippen LogP contribution in [0, 0.1) is 11.8 Å². The number of nitrogens with one attached hydrogen (secondary N) is 1. The number of ether oxygens (including phenoxy) is 1. The molecule has 1 fully saturated rings. The van der Waals surface area contributed by atoms with Crippen molar-refractivity contribution in [3.8, 4) is 0 Å².